The lowest BCUT2D eigenvalue weighted by atomic mass is 9.95. The normalized spacial score (nSPS) is 18.2. The molecule has 9 heteroatoms. The van der Waals surface area contributed by atoms with E-state index < -0.39 is 0 Å². The van der Waals surface area contributed by atoms with Crippen LogP contribution in [0, 0.1) is 0 Å². The van der Waals surface area contributed by atoms with E-state index in [9.17, 15) is 4.79 Å². The molecule has 4 heterocycles. The van der Waals surface area contributed by atoms with Crippen LogP contribution in [0.5, 0.6) is 0 Å². The van der Waals surface area contributed by atoms with Crippen LogP contribution in [0.2, 0.25) is 0 Å². The number of methoxy groups -OCH3 is 1. The van der Waals surface area contributed by atoms with Gasteiger partial charge in [0.05, 0.1) is 13.7 Å². The van der Waals surface area contributed by atoms with Crippen LogP contribution in [-0.4, -0.2) is 57.4 Å². The first kappa shape index (κ1) is 18.9. The van der Waals surface area contributed by atoms with E-state index in [4.69, 9.17) is 4.74 Å². The van der Waals surface area contributed by atoms with Crippen molar-refractivity contribution in [1.82, 2.24) is 30.0 Å². The van der Waals surface area contributed by atoms with Crippen LogP contribution < -0.4 is 5.32 Å². The first-order valence-corrected chi connectivity index (χ1v) is 8.85. The summed E-state index contributed by atoms with van der Waals surface area (Å²) in [6.07, 6.45) is 4.08. The highest BCUT2D eigenvalue weighted by Crippen LogP contribution is 2.28. The molecule has 0 aliphatic carbocycles. The molecule has 1 saturated heterocycles. The number of H-pyrrole nitrogens is 1. The van der Waals surface area contributed by atoms with Crippen LogP contribution in [-0.2, 0) is 24.4 Å². The maximum Gasteiger partial charge on any atom is 0.354 e. The Morgan fingerprint density at radius 2 is 2.12 bits per heavy atom. The van der Waals surface area contributed by atoms with Gasteiger partial charge in [0.25, 0.3) is 0 Å². The Balaban J connectivity index is 0.00000196. The number of aromatic amines is 1. The van der Waals surface area contributed by atoms with Gasteiger partial charge in [-0.05, 0) is 37.6 Å². The van der Waals surface area contributed by atoms with E-state index in [1.807, 2.05) is 12.3 Å². The summed E-state index contributed by atoms with van der Waals surface area (Å²) in [6, 6.07) is 1.87. The maximum atomic E-state index is 11.5. The molecule has 0 saturated carbocycles. The van der Waals surface area contributed by atoms with Gasteiger partial charge in [-0.1, -0.05) is 0 Å². The van der Waals surface area contributed by atoms with Crippen molar-refractivity contribution in [2.24, 2.45) is 0 Å². The standard InChI is InChI=1S/C17H24N6O2.ClH/c1-25-17(24)14-8-12(9-19-14)11-22-5-2-13(3-6-22)16-21-20-15-10-18-4-7-23(15)16;/h8-9,13,18-19H,2-7,10-11H2,1H3;1H. The van der Waals surface area contributed by atoms with Crippen molar-refractivity contribution in [3.8, 4) is 0 Å². The van der Waals surface area contributed by atoms with Crippen LogP contribution >= 0.6 is 12.4 Å². The van der Waals surface area contributed by atoms with Gasteiger partial charge in [-0.2, -0.15) is 0 Å². The highest BCUT2D eigenvalue weighted by Gasteiger charge is 2.27. The number of aromatic nitrogens is 4. The second kappa shape index (κ2) is 8.20. The molecule has 2 aliphatic heterocycles. The first-order valence-electron chi connectivity index (χ1n) is 8.85. The third-order valence-electron chi connectivity index (χ3n) is 5.16. The fourth-order valence-electron chi connectivity index (χ4n) is 3.78. The van der Waals surface area contributed by atoms with Gasteiger partial charge in [-0.25, -0.2) is 4.79 Å². The fourth-order valence-corrected chi connectivity index (χ4v) is 3.78. The molecule has 2 aromatic rings. The Morgan fingerprint density at radius 3 is 2.88 bits per heavy atom. The Labute approximate surface area is 158 Å². The summed E-state index contributed by atoms with van der Waals surface area (Å²) >= 11 is 0. The number of hydrogen-bond donors (Lipinski definition) is 2. The van der Waals surface area contributed by atoms with Crippen molar-refractivity contribution < 1.29 is 9.53 Å². The molecule has 0 bridgehead atoms. The number of carbonyl (C=O) groups is 1. The monoisotopic (exact) mass is 380 g/mol. The third kappa shape index (κ3) is 3.77. The summed E-state index contributed by atoms with van der Waals surface area (Å²) in [6.45, 7) is 5.70. The quantitative estimate of drug-likeness (QED) is 0.777. The average Bonchev–Trinajstić information content (AvgIpc) is 3.29. The second-order valence-electron chi connectivity index (χ2n) is 6.77. The molecule has 8 nitrogen and oxygen atoms in total. The molecule has 2 aliphatic rings. The number of nitrogens with zero attached hydrogens (tertiary/aromatic N) is 4. The van der Waals surface area contributed by atoms with Crippen molar-refractivity contribution in [1.29, 1.82) is 0 Å². The molecular formula is C17H25ClN6O2. The number of hydrogen-bond acceptors (Lipinski definition) is 6. The van der Waals surface area contributed by atoms with Crippen molar-refractivity contribution >= 4 is 18.4 Å². The van der Waals surface area contributed by atoms with Gasteiger partial charge in [0.2, 0.25) is 0 Å². The number of carbonyl (C=O) groups excluding carboxylic acids is 1. The summed E-state index contributed by atoms with van der Waals surface area (Å²) in [5.41, 5.74) is 1.63. The summed E-state index contributed by atoms with van der Waals surface area (Å²) in [5, 5.41) is 12.1. The molecule has 0 amide bonds. The molecule has 0 radical (unpaired) electrons. The number of piperidine rings is 1. The van der Waals surface area contributed by atoms with Gasteiger partial charge in [0.15, 0.2) is 0 Å². The van der Waals surface area contributed by atoms with Crippen molar-refractivity contribution in [3.05, 3.63) is 35.2 Å². The van der Waals surface area contributed by atoms with Crippen LogP contribution in [0.25, 0.3) is 0 Å². The smallest absolute Gasteiger partial charge is 0.354 e. The summed E-state index contributed by atoms with van der Waals surface area (Å²) in [4.78, 5) is 16.9. The summed E-state index contributed by atoms with van der Waals surface area (Å²) in [5.74, 6) is 2.39. The number of nitrogens with one attached hydrogen (secondary N) is 2. The topological polar surface area (TPSA) is 88.1 Å². The number of ether oxygens (including phenoxy) is 1. The molecule has 0 aromatic carbocycles. The number of likely N-dealkylation sites (tertiary alicyclic amines) is 1. The van der Waals surface area contributed by atoms with E-state index in [1.54, 1.807) is 0 Å². The Morgan fingerprint density at radius 1 is 1.31 bits per heavy atom. The molecule has 4 rings (SSSR count). The third-order valence-corrected chi connectivity index (χ3v) is 5.16. The zero-order chi connectivity index (χ0) is 17.2. The van der Waals surface area contributed by atoms with Crippen LogP contribution in [0.1, 0.15) is 46.5 Å². The average molecular weight is 381 g/mol. The zero-order valence-corrected chi connectivity index (χ0v) is 15.7. The second-order valence-corrected chi connectivity index (χ2v) is 6.77. The fraction of sp³-hybridized carbons (Fsp3) is 0.588. The minimum atomic E-state index is -0.323. The summed E-state index contributed by atoms with van der Waals surface area (Å²) < 4.78 is 7.03. The molecular weight excluding hydrogens is 356 g/mol. The van der Waals surface area contributed by atoms with Crippen molar-refractivity contribution in [2.75, 3.05) is 26.7 Å². The van der Waals surface area contributed by atoms with Crippen molar-refractivity contribution in [2.45, 2.75) is 38.4 Å². The largest absolute Gasteiger partial charge is 0.464 e. The summed E-state index contributed by atoms with van der Waals surface area (Å²) in [7, 11) is 1.40. The molecule has 1 fully saturated rings. The van der Waals surface area contributed by atoms with Crippen LogP contribution in [0.15, 0.2) is 12.3 Å². The van der Waals surface area contributed by atoms with Gasteiger partial charge in [-0.15, -0.1) is 22.6 Å². The molecule has 0 spiro atoms. The minimum Gasteiger partial charge on any atom is -0.464 e. The predicted molar refractivity (Wildman–Crippen MR) is 98.4 cm³/mol. The number of esters is 1. The molecule has 142 valence electrons. The van der Waals surface area contributed by atoms with Gasteiger partial charge >= 0.3 is 5.97 Å². The Kier molecular flexibility index (Phi) is 5.95. The lowest BCUT2D eigenvalue weighted by Gasteiger charge is -2.31. The number of fused-ring (bicyclic) bond motifs is 1. The molecule has 26 heavy (non-hydrogen) atoms. The number of rotatable bonds is 4. The van der Waals surface area contributed by atoms with E-state index in [-0.39, 0.29) is 18.4 Å². The molecule has 0 unspecified atom stereocenters. The first-order chi connectivity index (χ1) is 12.2. The van der Waals surface area contributed by atoms with Gasteiger partial charge in [-0.3, -0.25) is 4.90 Å². The number of halogens is 1. The zero-order valence-electron chi connectivity index (χ0n) is 14.9. The van der Waals surface area contributed by atoms with Crippen LogP contribution in [0.4, 0.5) is 0 Å². The van der Waals surface area contributed by atoms with Crippen molar-refractivity contribution in [3.63, 3.8) is 0 Å². The Hall–Kier alpha value is -1.90. The van der Waals surface area contributed by atoms with Gasteiger partial charge in [0, 0.05) is 31.7 Å². The SMILES string of the molecule is COC(=O)c1cc(CN2CCC(c3nnc4n3CCNC4)CC2)c[nH]1.Cl. The van der Waals surface area contributed by atoms with Gasteiger partial charge < -0.3 is 19.6 Å². The van der Waals surface area contributed by atoms with E-state index in [0.717, 1.165) is 69.3 Å². The van der Waals surface area contributed by atoms with E-state index >= 15 is 0 Å². The molecule has 2 N–H and O–H groups in total. The van der Waals surface area contributed by atoms with E-state index in [2.05, 4.69) is 30.0 Å². The lowest BCUT2D eigenvalue weighted by Crippen LogP contribution is -2.34. The van der Waals surface area contributed by atoms with Crippen LogP contribution in [0.3, 0.4) is 0 Å². The lowest BCUT2D eigenvalue weighted by molar-refractivity contribution is 0.0594. The Bertz CT molecular complexity index is 750. The van der Waals surface area contributed by atoms with E-state index in [0.29, 0.717) is 11.6 Å². The highest BCUT2D eigenvalue weighted by molar-refractivity contribution is 5.87. The molecule has 0 atom stereocenters. The predicted octanol–water partition coefficient (Wildman–Crippen LogP) is 1.30. The minimum absolute atomic E-state index is 0. The van der Waals surface area contributed by atoms with E-state index in [1.165, 1.54) is 7.11 Å². The van der Waals surface area contributed by atoms with Gasteiger partial charge in [0.1, 0.15) is 17.3 Å². The highest BCUT2D eigenvalue weighted by atomic mass is 35.5. The maximum absolute atomic E-state index is 11.5. The molecule has 2 aromatic heterocycles.